The third-order valence-electron chi connectivity index (χ3n) is 2.43. The van der Waals surface area contributed by atoms with Crippen LogP contribution in [0.25, 0.3) is 0 Å². The highest BCUT2D eigenvalue weighted by Gasteiger charge is 2.06. The van der Waals surface area contributed by atoms with E-state index >= 15 is 0 Å². The van der Waals surface area contributed by atoms with Crippen molar-refractivity contribution in [3.05, 3.63) is 57.8 Å². The third-order valence-corrected chi connectivity index (χ3v) is 3.05. The Morgan fingerprint density at radius 3 is 2.61 bits per heavy atom. The maximum Gasteiger partial charge on any atom is 0.141 e. The Morgan fingerprint density at radius 2 is 2.00 bits per heavy atom. The third kappa shape index (κ3) is 2.69. The van der Waals surface area contributed by atoms with Gasteiger partial charge in [-0.2, -0.15) is 5.26 Å². The highest BCUT2D eigenvalue weighted by atomic mass is 79.9. The van der Waals surface area contributed by atoms with Crippen LogP contribution in [0.15, 0.2) is 40.9 Å². The van der Waals surface area contributed by atoms with Gasteiger partial charge < -0.3 is 4.74 Å². The van der Waals surface area contributed by atoms with E-state index in [1.54, 1.807) is 37.3 Å². The zero-order chi connectivity index (χ0) is 13.1. The molecule has 0 radical (unpaired) electrons. The van der Waals surface area contributed by atoms with Gasteiger partial charge in [-0.15, -0.1) is 0 Å². The maximum atomic E-state index is 13.4. The summed E-state index contributed by atoms with van der Waals surface area (Å²) in [5, 5.41) is 8.75. The summed E-state index contributed by atoms with van der Waals surface area (Å²) in [7, 11) is 0. The molecule has 0 aromatic heterocycles. The van der Waals surface area contributed by atoms with Crippen molar-refractivity contribution >= 4 is 15.9 Å². The van der Waals surface area contributed by atoms with E-state index in [4.69, 9.17) is 10.00 Å². The molecule has 18 heavy (non-hydrogen) atoms. The topological polar surface area (TPSA) is 33.0 Å². The highest BCUT2D eigenvalue weighted by Crippen LogP contribution is 2.30. The largest absolute Gasteiger partial charge is 0.456 e. The van der Waals surface area contributed by atoms with Crippen molar-refractivity contribution < 1.29 is 9.13 Å². The van der Waals surface area contributed by atoms with Gasteiger partial charge in [-0.05, 0) is 52.7 Å². The van der Waals surface area contributed by atoms with Crippen molar-refractivity contribution in [3.63, 3.8) is 0 Å². The maximum absolute atomic E-state index is 13.4. The Labute approximate surface area is 113 Å². The Kier molecular flexibility index (Phi) is 3.63. The molecule has 4 heteroatoms. The van der Waals surface area contributed by atoms with Crippen molar-refractivity contribution in [1.29, 1.82) is 5.26 Å². The fourth-order valence-electron chi connectivity index (χ4n) is 1.42. The van der Waals surface area contributed by atoms with E-state index in [1.807, 2.05) is 6.07 Å². The van der Waals surface area contributed by atoms with Crippen LogP contribution in [-0.2, 0) is 0 Å². The fourth-order valence-corrected chi connectivity index (χ4v) is 1.88. The van der Waals surface area contributed by atoms with Gasteiger partial charge in [-0.3, -0.25) is 0 Å². The molecule has 2 aromatic carbocycles. The van der Waals surface area contributed by atoms with Gasteiger partial charge in [0.1, 0.15) is 17.3 Å². The lowest BCUT2D eigenvalue weighted by atomic mass is 10.2. The van der Waals surface area contributed by atoms with E-state index in [-0.39, 0.29) is 5.82 Å². The number of hydrogen-bond acceptors (Lipinski definition) is 2. The van der Waals surface area contributed by atoms with Crippen LogP contribution in [0.2, 0.25) is 0 Å². The lowest BCUT2D eigenvalue weighted by Crippen LogP contribution is -1.89. The number of aryl methyl sites for hydroxylation is 1. The molecule has 0 aliphatic heterocycles. The lowest BCUT2D eigenvalue weighted by molar-refractivity contribution is 0.473. The number of ether oxygens (including phenoxy) is 1. The van der Waals surface area contributed by atoms with E-state index in [0.717, 1.165) is 0 Å². The standard InChI is InChI=1S/C14H9BrFNO/c1-9-2-4-11(7-13(9)16)18-14-5-3-10(8-17)6-12(14)15/h2-7H,1H3. The minimum absolute atomic E-state index is 0.308. The molecule has 0 saturated heterocycles. The zero-order valence-corrected chi connectivity index (χ0v) is 11.2. The van der Waals surface area contributed by atoms with Gasteiger partial charge in [0.15, 0.2) is 0 Å². The van der Waals surface area contributed by atoms with E-state index in [2.05, 4.69) is 15.9 Å². The van der Waals surface area contributed by atoms with Crippen LogP contribution in [-0.4, -0.2) is 0 Å². The lowest BCUT2D eigenvalue weighted by Gasteiger charge is -2.08. The van der Waals surface area contributed by atoms with Crippen molar-refractivity contribution in [2.24, 2.45) is 0 Å². The molecule has 0 amide bonds. The summed E-state index contributed by atoms with van der Waals surface area (Å²) in [4.78, 5) is 0. The van der Waals surface area contributed by atoms with E-state index in [1.165, 1.54) is 6.07 Å². The van der Waals surface area contributed by atoms with Crippen LogP contribution < -0.4 is 4.74 Å². The van der Waals surface area contributed by atoms with Crippen molar-refractivity contribution in [2.45, 2.75) is 6.92 Å². The summed E-state index contributed by atoms with van der Waals surface area (Å²) in [6.07, 6.45) is 0. The molecule has 90 valence electrons. The zero-order valence-electron chi connectivity index (χ0n) is 9.58. The average molecular weight is 306 g/mol. The predicted octanol–water partition coefficient (Wildman–Crippen LogP) is 4.56. The molecule has 0 heterocycles. The Morgan fingerprint density at radius 1 is 1.22 bits per heavy atom. The molecule has 0 aliphatic carbocycles. The second-order valence-electron chi connectivity index (χ2n) is 3.77. The molecule has 0 unspecified atom stereocenters. The molecule has 0 saturated carbocycles. The number of nitrogens with zero attached hydrogens (tertiary/aromatic N) is 1. The first-order valence-electron chi connectivity index (χ1n) is 5.24. The van der Waals surface area contributed by atoms with Gasteiger partial charge in [0.25, 0.3) is 0 Å². The Hall–Kier alpha value is -1.86. The SMILES string of the molecule is Cc1ccc(Oc2ccc(C#N)cc2Br)cc1F. The molecule has 0 N–H and O–H groups in total. The molecule has 2 rings (SSSR count). The van der Waals surface area contributed by atoms with Gasteiger partial charge >= 0.3 is 0 Å². The fraction of sp³-hybridized carbons (Fsp3) is 0.0714. The molecule has 2 aromatic rings. The van der Waals surface area contributed by atoms with Crippen molar-refractivity contribution in [2.75, 3.05) is 0 Å². The van der Waals surface area contributed by atoms with Crippen molar-refractivity contribution in [1.82, 2.24) is 0 Å². The summed E-state index contributed by atoms with van der Waals surface area (Å²) < 4.78 is 19.6. The van der Waals surface area contributed by atoms with Crippen molar-refractivity contribution in [3.8, 4) is 17.6 Å². The number of nitriles is 1. The monoisotopic (exact) mass is 305 g/mol. The quantitative estimate of drug-likeness (QED) is 0.815. The molecule has 2 nitrogen and oxygen atoms in total. The normalized spacial score (nSPS) is 9.89. The van der Waals surface area contributed by atoms with Gasteiger partial charge in [-0.25, -0.2) is 4.39 Å². The van der Waals surface area contributed by atoms with Gasteiger partial charge in [0.2, 0.25) is 0 Å². The van der Waals surface area contributed by atoms with Crippen LogP contribution in [0, 0.1) is 24.1 Å². The summed E-state index contributed by atoms with van der Waals surface area (Å²) in [6.45, 7) is 1.69. The second kappa shape index (κ2) is 5.19. The number of benzene rings is 2. The summed E-state index contributed by atoms with van der Waals surface area (Å²) in [5.74, 6) is 0.651. The summed E-state index contributed by atoms with van der Waals surface area (Å²) >= 11 is 3.31. The number of rotatable bonds is 2. The molecule has 0 spiro atoms. The van der Waals surface area contributed by atoms with Gasteiger partial charge in [-0.1, -0.05) is 6.07 Å². The summed E-state index contributed by atoms with van der Waals surface area (Å²) in [6, 6.07) is 11.7. The van der Waals surface area contributed by atoms with Crippen LogP contribution in [0.3, 0.4) is 0 Å². The number of halogens is 2. The van der Waals surface area contributed by atoms with E-state index in [0.29, 0.717) is 27.1 Å². The molecule has 0 atom stereocenters. The van der Waals surface area contributed by atoms with E-state index in [9.17, 15) is 4.39 Å². The van der Waals surface area contributed by atoms with Crippen LogP contribution in [0.5, 0.6) is 11.5 Å². The minimum Gasteiger partial charge on any atom is -0.456 e. The average Bonchev–Trinajstić information content (AvgIpc) is 2.36. The molecular formula is C14H9BrFNO. The highest BCUT2D eigenvalue weighted by molar-refractivity contribution is 9.10. The first-order valence-corrected chi connectivity index (χ1v) is 6.03. The number of hydrogen-bond donors (Lipinski definition) is 0. The van der Waals surface area contributed by atoms with Crippen LogP contribution in [0.1, 0.15) is 11.1 Å². The molecule has 0 aliphatic rings. The molecule has 0 bridgehead atoms. The van der Waals surface area contributed by atoms with Crippen LogP contribution >= 0.6 is 15.9 Å². The second-order valence-corrected chi connectivity index (χ2v) is 4.62. The first-order chi connectivity index (χ1) is 8.60. The minimum atomic E-state index is -0.308. The molecule has 0 fully saturated rings. The van der Waals surface area contributed by atoms with E-state index < -0.39 is 0 Å². The smallest absolute Gasteiger partial charge is 0.141 e. The van der Waals surface area contributed by atoms with Crippen LogP contribution in [0.4, 0.5) is 4.39 Å². The van der Waals surface area contributed by atoms with Gasteiger partial charge in [0.05, 0.1) is 16.1 Å². The molecular weight excluding hydrogens is 297 g/mol. The Balaban J connectivity index is 2.29. The first kappa shape index (κ1) is 12.6. The summed E-state index contributed by atoms with van der Waals surface area (Å²) in [5.41, 5.74) is 1.10. The predicted molar refractivity (Wildman–Crippen MR) is 70.1 cm³/mol. The Bertz CT molecular complexity index is 634. The van der Waals surface area contributed by atoms with Gasteiger partial charge in [0, 0.05) is 6.07 Å².